The number of rotatable bonds is 3. The van der Waals surface area contributed by atoms with E-state index in [9.17, 15) is 23.9 Å². The maximum absolute atomic E-state index is 14.4. The molecular formula is C11H14FN3O7. The van der Waals surface area contributed by atoms with Crippen LogP contribution < -0.4 is 16.6 Å². The van der Waals surface area contributed by atoms with Gasteiger partial charge in [0, 0.05) is 12.3 Å². The van der Waals surface area contributed by atoms with E-state index in [2.05, 4.69) is 0 Å². The summed E-state index contributed by atoms with van der Waals surface area (Å²) in [5.74, 6) is -2.99. The van der Waals surface area contributed by atoms with E-state index in [1.54, 1.807) is 0 Å². The molecule has 1 aromatic heterocycles. The minimum Gasteiger partial charge on any atom is -0.465 e. The van der Waals surface area contributed by atoms with Gasteiger partial charge < -0.3 is 25.4 Å². The number of nitrogens with zero attached hydrogens (tertiary/aromatic N) is 1. The monoisotopic (exact) mass is 319 g/mol. The standard InChI is InChI=1S/C11H14FN3O7/c1-10(14-9(20)21)6(18)11(12,4-16)22-7(10)15-3-2-5(17)13-8(15)19/h2-3,6-7,14,16,18H,4H2,1H3,(H,20,21)(H,13,17,19)/t6-,7-,10?,11-/m1/s1. The lowest BCUT2D eigenvalue weighted by Crippen LogP contribution is -2.59. The number of amides is 1. The minimum atomic E-state index is -2.99. The Morgan fingerprint density at radius 1 is 1.59 bits per heavy atom. The molecule has 1 aliphatic heterocycles. The molecule has 2 rings (SSSR count). The number of hydrogen-bond acceptors (Lipinski definition) is 6. The van der Waals surface area contributed by atoms with E-state index < -0.39 is 47.7 Å². The molecule has 10 nitrogen and oxygen atoms in total. The van der Waals surface area contributed by atoms with Gasteiger partial charge in [-0.05, 0) is 6.92 Å². The highest BCUT2D eigenvalue weighted by Crippen LogP contribution is 2.44. The first-order valence-corrected chi connectivity index (χ1v) is 6.12. The topological polar surface area (TPSA) is 154 Å². The Hall–Kier alpha value is -2.24. The molecule has 4 atom stereocenters. The van der Waals surface area contributed by atoms with E-state index in [0.29, 0.717) is 4.57 Å². The van der Waals surface area contributed by atoms with Gasteiger partial charge in [-0.3, -0.25) is 14.3 Å². The van der Waals surface area contributed by atoms with Crippen LogP contribution in [0.25, 0.3) is 0 Å². The number of aliphatic hydroxyl groups excluding tert-OH is 2. The molecular weight excluding hydrogens is 305 g/mol. The Morgan fingerprint density at radius 3 is 2.73 bits per heavy atom. The number of H-pyrrole nitrogens is 1. The van der Waals surface area contributed by atoms with Crippen LogP contribution in [0.3, 0.4) is 0 Å². The van der Waals surface area contributed by atoms with Crippen LogP contribution in [0.15, 0.2) is 21.9 Å². The summed E-state index contributed by atoms with van der Waals surface area (Å²) in [7, 11) is 0. The summed E-state index contributed by atoms with van der Waals surface area (Å²) in [6.45, 7) is -0.162. The number of carboxylic acid groups (broad SMARTS) is 1. The zero-order chi connectivity index (χ0) is 16.7. The van der Waals surface area contributed by atoms with Crippen LogP contribution >= 0.6 is 0 Å². The SMILES string of the molecule is CC1(NC(=O)O)[C@@H](O)[C@@](F)(CO)O[C@H]1n1ccc(=O)[nH]c1=O. The molecule has 0 aliphatic carbocycles. The van der Waals surface area contributed by atoms with E-state index in [4.69, 9.17) is 14.9 Å². The first-order chi connectivity index (χ1) is 10.1. The quantitative estimate of drug-likeness (QED) is 0.436. The van der Waals surface area contributed by atoms with Gasteiger partial charge >= 0.3 is 11.8 Å². The van der Waals surface area contributed by atoms with Gasteiger partial charge in [-0.1, -0.05) is 0 Å². The Morgan fingerprint density at radius 2 is 2.23 bits per heavy atom. The van der Waals surface area contributed by atoms with Crippen LogP contribution in [-0.2, 0) is 4.74 Å². The number of hydrogen-bond donors (Lipinski definition) is 5. The molecule has 1 aliphatic rings. The number of aromatic amines is 1. The second-order valence-corrected chi connectivity index (χ2v) is 5.05. The van der Waals surface area contributed by atoms with Crippen LogP contribution in [-0.4, -0.2) is 55.1 Å². The molecule has 1 unspecified atom stereocenters. The predicted molar refractivity (Wildman–Crippen MR) is 67.9 cm³/mol. The molecule has 0 bridgehead atoms. The van der Waals surface area contributed by atoms with E-state index in [1.165, 1.54) is 0 Å². The van der Waals surface area contributed by atoms with Crippen molar-refractivity contribution < 1.29 is 29.2 Å². The van der Waals surface area contributed by atoms with Gasteiger partial charge in [0.15, 0.2) is 6.23 Å². The number of carbonyl (C=O) groups is 1. The number of halogens is 1. The van der Waals surface area contributed by atoms with Crippen LogP contribution in [0.1, 0.15) is 13.2 Å². The number of ether oxygens (including phenoxy) is 1. The maximum atomic E-state index is 14.4. The van der Waals surface area contributed by atoms with Crippen LogP contribution in [0.5, 0.6) is 0 Å². The van der Waals surface area contributed by atoms with E-state index in [1.807, 2.05) is 10.3 Å². The van der Waals surface area contributed by atoms with E-state index in [-0.39, 0.29) is 0 Å². The number of aromatic nitrogens is 2. The average molecular weight is 319 g/mol. The Kier molecular flexibility index (Phi) is 3.81. The Bertz CT molecular complexity index is 703. The highest BCUT2D eigenvalue weighted by Gasteiger charge is 2.64. The van der Waals surface area contributed by atoms with Crippen LogP contribution in [0.4, 0.5) is 9.18 Å². The lowest BCUT2D eigenvalue weighted by atomic mass is 9.91. The zero-order valence-electron chi connectivity index (χ0n) is 11.3. The summed E-state index contributed by atoms with van der Waals surface area (Å²) in [4.78, 5) is 35.7. The summed E-state index contributed by atoms with van der Waals surface area (Å²) in [5, 5.41) is 29.8. The molecule has 1 fully saturated rings. The maximum Gasteiger partial charge on any atom is 0.405 e. The van der Waals surface area contributed by atoms with Crippen molar-refractivity contribution in [1.29, 1.82) is 0 Å². The van der Waals surface area contributed by atoms with Crippen molar-refractivity contribution >= 4 is 6.09 Å². The molecule has 0 saturated carbocycles. The summed E-state index contributed by atoms with van der Waals surface area (Å²) >= 11 is 0. The lowest BCUT2D eigenvalue weighted by molar-refractivity contribution is -0.207. The third kappa shape index (κ3) is 2.38. The van der Waals surface area contributed by atoms with E-state index >= 15 is 0 Å². The number of aliphatic hydroxyl groups is 2. The first kappa shape index (κ1) is 16.1. The van der Waals surface area contributed by atoms with Gasteiger partial charge in [0.05, 0.1) is 0 Å². The summed E-state index contributed by atoms with van der Waals surface area (Å²) < 4.78 is 20.0. The molecule has 1 saturated heterocycles. The van der Waals surface area contributed by atoms with Gasteiger partial charge in [0.1, 0.15) is 18.2 Å². The molecule has 0 spiro atoms. The molecule has 122 valence electrons. The predicted octanol–water partition coefficient (Wildman–Crippen LogP) is -1.89. The van der Waals surface area contributed by atoms with Gasteiger partial charge in [-0.2, -0.15) is 0 Å². The fourth-order valence-electron chi connectivity index (χ4n) is 2.40. The minimum absolute atomic E-state index is 0.706. The highest BCUT2D eigenvalue weighted by molar-refractivity contribution is 5.66. The van der Waals surface area contributed by atoms with Crippen molar-refractivity contribution in [1.82, 2.24) is 14.9 Å². The van der Waals surface area contributed by atoms with Crippen molar-refractivity contribution in [2.75, 3.05) is 6.61 Å². The van der Waals surface area contributed by atoms with Crippen molar-refractivity contribution in [3.63, 3.8) is 0 Å². The summed E-state index contributed by atoms with van der Waals surface area (Å²) in [6, 6.07) is 0.940. The lowest BCUT2D eigenvalue weighted by Gasteiger charge is -2.32. The normalized spacial score (nSPS) is 34.5. The van der Waals surface area contributed by atoms with Gasteiger partial charge in [0.2, 0.25) is 0 Å². The van der Waals surface area contributed by atoms with Gasteiger partial charge in [0.25, 0.3) is 11.4 Å². The smallest absolute Gasteiger partial charge is 0.405 e. The van der Waals surface area contributed by atoms with Gasteiger partial charge in [-0.25, -0.2) is 14.0 Å². The molecule has 1 aromatic rings. The highest BCUT2D eigenvalue weighted by atomic mass is 19.2. The third-order valence-electron chi connectivity index (χ3n) is 3.49. The fourth-order valence-corrected chi connectivity index (χ4v) is 2.40. The largest absolute Gasteiger partial charge is 0.465 e. The van der Waals surface area contributed by atoms with Crippen molar-refractivity contribution in [3.05, 3.63) is 33.1 Å². The van der Waals surface area contributed by atoms with Crippen LogP contribution in [0, 0.1) is 0 Å². The second-order valence-electron chi connectivity index (χ2n) is 5.05. The number of nitrogens with one attached hydrogen (secondary N) is 2. The first-order valence-electron chi connectivity index (χ1n) is 6.12. The second kappa shape index (κ2) is 5.19. The van der Waals surface area contributed by atoms with Crippen molar-refractivity contribution in [3.8, 4) is 0 Å². The molecule has 22 heavy (non-hydrogen) atoms. The summed E-state index contributed by atoms with van der Waals surface area (Å²) in [6.07, 6.45) is -4.39. The Balaban J connectivity index is 2.58. The van der Waals surface area contributed by atoms with Crippen LogP contribution in [0.2, 0.25) is 0 Å². The fraction of sp³-hybridized carbons (Fsp3) is 0.545. The Labute approximate surface area is 121 Å². The van der Waals surface area contributed by atoms with Gasteiger partial charge in [-0.15, -0.1) is 0 Å². The van der Waals surface area contributed by atoms with E-state index in [0.717, 1.165) is 19.2 Å². The molecule has 2 heterocycles. The zero-order valence-corrected chi connectivity index (χ0v) is 11.3. The van der Waals surface area contributed by atoms with Crippen molar-refractivity contribution in [2.45, 2.75) is 30.6 Å². The third-order valence-corrected chi connectivity index (χ3v) is 3.49. The molecule has 1 amide bonds. The van der Waals surface area contributed by atoms with Crippen molar-refractivity contribution in [2.24, 2.45) is 0 Å². The average Bonchev–Trinajstić information content (AvgIpc) is 2.61. The molecule has 11 heteroatoms. The molecule has 0 aromatic carbocycles. The number of alkyl halides is 1. The molecule has 0 radical (unpaired) electrons. The molecule has 5 N–H and O–H groups in total. The summed E-state index contributed by atoms with van der Waals surface area (Å²) in [5.41, 5.74) is -3.71.